The minimum atomic E-state index is -1.11. The molecule has 13 heavy (non-hydrogen) atoms. The van der Waals surface area contributed by atoms with E-state index in [1.165, 1.54) is 0 Å². The summed E-state index contributed by atoms with van der Waals surface area (Å²) in [5.74, 6) is 0.449. The highest BCUT2D eigenvalue weighted by Crippen LogP contribution is 2.00. The van der Waals surface area contributed by atoms with Gasteiger partial charge in [-0.05, 0) is 6.42 Å². The average molecular weight is 209 g/mol. The van der Waals surface area contributed by atoms with Crippen molar-refractivity contribution in [3.8, 4) is 0 Å². The maximum absolute atomic E-state index is 10.7. The molecule has 0 radical (unpaired) electrons. The van der Waals surface area contributed by atoms with Crippen molar-refractivity contribution < 1.29 is 19.6 Å². The molecule has 0 heterocycles. The maximum atomic E-state index is 10.7. The fraction of sp³-hybridized carbons (Fsp3) is 0.857. The first-order valence-electron chi connectivity index (χ1n) is 3.96. The van der Waals surface area contributed by atoms with Crippen molar-refractivity contribution in [2.75, 3.05) is 18.6 Å². The highest BCUT2D eigenvalue weighted by Gasteiger charge is 2.12. The fourth-order valence-corrected chi connectivity index (χ4v) is 1.54. The van der Waals surface area contributed by atoms with Gasteiger partial charge in [-0.3, -0.25) is 0 Å². The van der Waals surface area contributed by atoms with Crippen LogP contribution in [0.5, 0.6) is 0 Å². The van der Waals surface area contributed by atoms with E-state index in [1.807, 2.05) is 0 Å². The molecule has 0 spiro atoms. The van der Waals surface area contributed by atoms with E-state index in [1.54, 1.807) is 6.26 Å². The van der Waals surface area contributed by atoms with Crippen molar-refractivity contribution in [2.24, 2.45) is 0 Å². The zero-order valence-corrected chi connectivity index (χ0v) is 8.34. The third-order valence-electron chi connectivity index (χ3n) is 1.56. The molecular formula is C7H15NO4S. The van der Waals surface area contributed by atoms with Crippen LogP contribution in [0.15, 0.2) is 0 Å². The number of carboxylic acid groups (broad SMARTS) is 1. The minimum Gasteiger partial charge on any atom is -0.617 e. The molecule has 0 rings (SSSR count). The molecule has 0 bridgehead atoms. The topological polar surface area (TPSA) is 92.6 Å². The summed E-state index contributed by atoms with van der Waals surface area (Å²) < 4.78 is 10.7. The standard InChI is InChI=1S/C7H15NO4S/c1-13(12)5-3-6(2-4-9)8-7(10)11/h6,8-9H,2-5H2,1H3,(H,10,11)/t6-,13?/m1/s1. The summed E-state index contributed by atoms with van der Waals surface area (Å²) in [6.45, 7) is -0.0682. The van der Waals surface area contributed by atoms with Crippen molar-refractivity contribution in [3.63, 3.8) is 0 Å². The Kier molecular flexibility index (Phi) is 6.75. The molecule has 0 aromatic carbocycles. The van der Waals surface area contributed by atoms with Crippen molar-refractivity contribution in [1.29, 1.82) is 0 Å². The second-order valence-electron chi connectivity index (χ2n) is 2.72. The van der Waals surface area contributed by atoms with Crippen LogP contribution < -0.4 is 5.32 Å². The van der Waals surface area contributed by atoms with Gasteiger partial charge in [0.25, 0.3) is 0 Å². The summed E-state index contributed by atoms with van der Waals surface area (Å²) in [6, 6.07) is -0.300. The lowest BCUT2D eigenvalue weighted by Crippen LogP contribution is -2.35. The Balaban J connectivity index is 3.72. The van der Waals surface area contributed by atoms with E-state index < -0.39 is 17.3 Å². The molecule has 0 aliphatic rings. The summed E-state index contributed by atoms with van der Waals surface area (Å²) in [6.07, 6.45) is 1.32. The zero-order chi connectivity index (χ0) is 10.3. The molecule has 0 fully saturated rings. The zero-order valence-electron chi connectivity index (χ0n) is 7.52. The molecule has 0 aliphatic carbocycles. The average Bonchev–Trinajstić information content (AvgIpc) is 1.99. The highest BCUT2D eigenvalue weighted by molar-refractivity contribution is 7.90. The molecule has 3 N–H and O–H groups in total. The monoisotopic (exact) mass is 209 g/mol. The number of nitrogens with one attached hydrogen (secondary N) is 1. The quantitative estimate of drug-likeness (QED) is 0.527. The van der Waals surface area contributed by atoms with Gasteiger partial charge in [0.05, 0.1) is 6.26 Å². The molecule has 1 unspecified atom stereocenters. The lowest BCUT2D eigenvalue weighted by atomic mass is 10.2. The van der Waals surface area contributed by atoms with E-state index in [-0.39, 0.29) is 12.6 Å². The van der Waals surface area contributed by atoms with Crippen LogP contribution in [0.3, 0.4) is 0 Å². The predicted molar refractivity (Wildman–Crippen MR) is 50.2 cm³/mol. The molecule has 6 heteroatoms. The van der Waals surface area contributed by atoms with Crippen LogP contribution in [0.1, 0.15) is 12.8 Å². The lowest BCUT2D eigenvalue weighted by Gasteiger charge is -2.15. The highest BCUT2D eigenvalue weighted by atomic mass is 32.2. The van der Waals surface area contributed by atoms with E-state index in [0.717, 1.165) is 0 Å². The smallest absolute Gasteiger partial charge is 0.404 e. The molecule has 0 saturated carbocycles. The van der Waals surface area contributed by atoms with Crippen LogP contribution in [-0.4, -0.2) is 45.5 Å². The van der Waals surface area contributed by atoms with E-state index in [2.05, 4.69) is 5.32 Å². The van der Waals surface area contributed by atoms with Crippen molar-refractivity contribution in [3.05, 3.63) is 0 Å². The van der Waals surface area contributed by atoms with E-state index in [9.17, 15) is 9.35 Å². The minimum absolute atomic E-state index is 0.0682. The van der Waals surface area contributed by atoms with Gasteiger partial charge in [0.15, 0.2) is 0 Å². The maximum Gasteiger partial charge on any atom is 0.404 e. The van der Waals surface area contributed by atoms with E-state index >= 15 is 0 Å². The van der Waals surface area contributed by atoms with Crippen molar-refractivity contribution in [1.82, 2.24) is 5.32 Å². The number of hydrogen-bond donors (Lipinski definition) is 3. The van der Waals surface area contributed by atoms with E-state index in [4.69, 9.17) is 10.2 Å². The molecule has 1 amide bonds. The van der Waals surface area contributed by atoms with Crippen LogP contribution >= 0.6 is 0 Å². The summed E-state index contributed by atoms with van der Waals surface area (Å²) in [4.78, 5) is 10.3. The van der Waals surface area contributed by atoms with Gasteiger partial charge in [-0.25, -0.2) is 4.79 Å². The Bertz CT molecular complexity index is 153. The Morgan fingerprint density at radius 2 is 2.23 bits per heavy atom. The number of hydrogen-bond acceptors (Lipinski definition) is 3. The third kappa shape index (κ3) is 7.89. The lowest BCUT2D eigenvalue weighted by molar-refractivity contribution is 0.185. The molecule has 0 aromatic rings. The van der Waals surface area contributed by atoms with Crippen molar-refractivity contribution in [2.45, 2.75) is 18.9 Å². The summed E-state index contributed by atoms with van der Waals surface area (Å²) in [7, 11) is 0. The Labute approximate surface area is 80.3 Å². The number of carbonyl (C=O) groups is 1. The first-order chi connectivity index (χ1) is 6.06. The molecular weight excluding hydrogens is 194 g/mol. The first-order valence-corrected chi connectivity index (χ1v) is 5.69. The third-order valence-corrected chi connectivity index (χ3v) is 2.37. The van der Waals surface area contributed by atoms with Crippen LogP contribution in [0, 0.1) is 0 Å². The van der Waals surface area contributed by atoms with Crippen LogP contribution in [0.4, 0.5) is 4.79 Å². The second-order valence-corrected chi connectivity index (χ2v) is 4.28. The Morgan fingerprint density at radius 1 is 1.62 bits per heavy atom. The Morgan fingerprint density at radius 3 is 2.62 bits per heavy atom. The fourth-order valence-electron chi connectivity index (χ4n) is 0.927. The summed E-state index contributed by atoms with van der Waals surface area (Å²) in [5.41, 5.74) is 0. The van der Waals surface area contributed by atoms with Crippen LogP contribution in [-0.2, 0) is 11.2 Å². The predicted octanol–water partition coefficient (Wildman–Crippen LogP) is -0.226. The largest absolute Gasteiger partial charge is 0.617 e. The molecule has 78 valence electrons. The van der Waals surface area contributed by atoms with Crippen LogP contribution in [0.2, 0.25) is 0 Å². The van der Waals surface area contributed by atoms with Gasteiger partial charge in [-0.15, -0.1) is 0 Å². The van der Waals surface area contributed by atoms with Crippen LogP contribution in [0.25, 0.3) is 0 Å². The molecule has 5 nitrogen and oxygen atoms in total. The van der Waals surface area contributed by atoms with Gasteiger partial charge in [-0.1, -0.05) is 11.2 Å². The number of rotatable bonds is 6. The normalized spacial score (nSPS) is 15.0. The van der Waals surface area contributed by atoms with E-state index in [0.29, 0.717) is 18.6 Å². The summed E-state index contributed by atoms with van der Waals surface area (Å²) >= 11 is -0.919. The first kappa shape index (κ1) is 12.5. The number of aliphatic hydroxyl groups excluding tert-OH is 1. The summed E-state index contributed by atoms with van der Waals surface area (Å²) in [5, 5.41) is 19.3. The molecule has 0 aliphatic heterocycles. The molecule has 2 atom stereocenters. The Hall–Kier alpha value is -0.460. The number of amides is 1. The molecule has 0 saturated heterocycles. The SMILES string of the molecule is C[S+]([O-])CC[C@@H](CCO)NC(=O)O. The van der Waals surface area contributed by atoms with Gasteiger partial charge >= 0.3 is 6.09 Å². The van der Waals surface area contributed by atoms with Gasteiger partial charge < -0.3 is 20.1 Å². The number of aliphatic hydroxyl groups is 1. The second kappa shape index (κ2) is 6.99. The van der Waals surface area contributed by atoms with Crippen molar-refractivity contribution >= 4 is 17.3 Å². The van der Waals surface area contributed by atoms with Gasteiger partial charge in [0, 0.05) is 19.1 Å². The van der Waals surface area contributed by atoms with Gasteiger partial charge in [0.2, 0.25) is 0 Å². The molecule has 0 aromatic heterocycles. The van der Waals surface area contributed by atoms with Gasteiger partial charge in [0.1, 0.15) is 5.75 Å². The van der Waals surface area contributed by atoms with Gasteiger partial charge in [-0.2, -0.15) is 0 Å².